The molecule has 3 aliphatic heterocycles. The van der Waals surface area contributed by atoms with Crippen LogP contribution in [-0.4, -0.2) is 102 Å². The van der Waals surface area contributed by atoms with Crippen LogP contribution in [-0.2, 0) is 32.1 Å². The molecule has 1 saturated heterocycles. The number of ether oxygens (including phenoxy) is 4. The van der Waals surface area contributed by atoms with Crippen molar-refractivity contribution in [1.29, 1.82) is 0 Å². The van der Waals surface area contributed by atoms with Crippen LogP contribution in [0, 0.1) is 0 Å². The predicted octanol–water partition coefficient (Wildman–Crippen LogP) is 2.33. The van der Waals surface area contributed by atoms with E-state index in [0.717, 1.165) is 11.1 Å². The highest BCUT2D eigenvalue weighted by atomic mass is 16.5. The smallest absolute Gasteiger partial charge is 0.276 e. The van der Waals surface area contributed by atoms with E-state index in [2.05, 4.69) is 20.7 Å². The second-order valence-electron chi connectivity index (χ2n) is 10.8. The maximum absolute atomic E-state index is 13.4. The minimum Gasteiger partial charge on any atom is -0.493 e. The molecule has 3 aliphatic rings. The molecule has 4 heterocycles. The number of H-pyrrole nitrogens is 1. The monoisotopic (exact) mass is 606 g/mol. The van der Waals surface area contributed by atoms with Gasteiger partial charge in [0.25, 0.3) is 5.91 Å². The first-order valence-corrected chi connectivity index (χ1v) is 14.7. The summed E-state index contributed by atoms with van der Waals surface area (Å²) in [5, 5.41) is 13.2. The molecule has 13 nitrogen and oxygen atoms in total. The van der Waals surface area contributed by atoms with E-state index in [4.69, 9.17) is 18.9 Å². The lowest BCUT2D eigenvalue weighted by molar-refractivity contribution is -0.137. The van der Waals surface area contributed by atoms with Crippen LogP contribution >= 0.6 is 0 Å². The summed E-state index contributed by atoms with van der Waals surface area (Å²) in [4.78, 5) is 43.0. The van der Waals surface area contributed by atoms with E-state index >= 15 is 0 Å². The van der Waals surface area contributed by atoms with Crippen molar-refractivity contribution < 1.29 is 33.3 Å². The lowest BCUT2D eigenvalue weighted by atomic mass is 10.0. The number of piperidine rings is 1. The van der Waals surface area contributed by atoms with Crippen LogP contribution < -0.4 is 14.8 Å². The Hall–Kier alpha value is -4.49. The summed E-state index contributed by atoms with van der Waals surface area (Å²) in [6.07, 6.45) is 2.74. The number of carbonyl (C=O) groups excluding carboxylic acids is 3. The van der Waals surface area contributed by atoms with E-state index in [0.29, 0.717) is 56.2 Å². The van der Waals surface area contributed by atoms with E-state index in [1.807, 2.05) is 42.5 Å². The fourth-order valence-electron chi connectivity index (χ4n) is 5.43. The molecule has 2 aromatic carbocycles. The Balaban J connectivity index is 1.41. The summed E-state index contributed by atoms with van der Waals surface area (Å²) in [6, 6.07) is 12.7. The van der Waals surface area contributed by atoms with Gasteiger partial charge >= 0.3 is 0 Å². The van der Waals surface area contributed by atoms with E-state index in [9.17, 15) is 14.4 Å². The third kappa shape index (κ3) is 7.91. The van der Waals surface area contributed by atoms with Gasteiger partial charge in [-0.3, -0.25) is 14.4 Å². The summed E-state index contributed by atoms with van der Waals surface area (Å²) in [6.45, 7) is 1.61. The van der Waals surface area contributed by atoms with Crippen LogP contribution in [0.2, 0.25) is 0 Å². The standard InChI is InChI=1S/C31H38N6O7/c1-41-14-4-12-36-19-29(38)33-25-18-37(31(40)24-17-32-35-34-24)13-11-26(25)43-20-22-5-3-6-23(15-22)44-27-9-7-21(8-10-30(36)39)16-28(27)42-2/h3,5-7,9,15-17,25-26H,4,8,10-14,18-20H2,1-2H3,(H,33,38)(H,32,34,35)/t25-,26+/m0/s1. The maximum Gasteiger partial charge on any atom is 0.276 e. The van der Waals surface area contributed by atoms with Crippen LogP contribution in [0.3, 0.4) is 0 Å². The number of aromatic nitrogens is 3. The van der Waals surface area contributed by atoms with Crippen LogP contribution in [0.1, 0.15) is 40.9 Å². The maximum atomic E-state index is 13.4. The Morgan fingerprint density at radius 3 is 2.80 bits per heavy atom. The molecule has 1 fully saturated rings. The Morgan fingerprint density at radius 1 is 1.11 bits per heavy atom. The number of benzene rings is 2. The van der Waals surface area contributed by atoms with Gasteiger partial charge < -0.3 is 34.1 Å². The number of amides is 3. The number of methoxy groups -OCH3 is 2. The minimum absolute atomic E-state index is 0.124. The molecular weight excluding hydrogens is 568 g/mol. The van der Waals surface area contributed by atoms with Crippen molar-refractivity contribution in [3.8, 4) is 17.2 Å². The average Bonchev–Trinajstić information content (AvgIpc) is 3.58. The van der Waals surface area contributed by atoms with Gasteiger partial charge in [-0.25, -0.2) is 0 Å². The second kappa shape index (κ2) is 14.8. The molecule has 2 atom stereocenters. The van der Waals surface area contributed by atoms with Crippen molar-refractivity contribution in [2.24, 2.45) is 0 Å². The van der Waals surface area contributed by atoms with E-state index < -0.39 is 6.04 Å². The van der Waals surface area contributed by atoms with Gasteiger partial charge in [0.1, 0.15) is 5.75 Å². The van der Waals surface area contributed by atoms with Gasteiger partial charge in [0.05, 0.1) is 38.6 Å². The highest BCUT2D eigenvalue weighted by molar-refractivity contribution is 5.92. The number of fused-ring (bicyclic) bond motifs is 9. The van der Waals surface area contributed by atoms with Crippen molar-refractivity contribution in [1.82, 2.24) is 30.5 Å². The number of nitrogens with zero attached hydrogens (tertiary/aromatic N) is 4. The number of nitrogens with one attached hydrogen (secondary N) is 2. The largest absolute Gasteiger partial charge is 0.493 e. The van der Waals surface area contributed by atoms with Gasteiger partial charge in [-0.05, 0) is 54.7 Å². The summed E-state index contributed by atoms with van der Waals surface area (Å²) in [5.41, 5.74) is 1.99. The number of aryl methyl sites for hydroxylation is 1. The normalized spacial score (nSPS) is 19.7. The van der Waals surface area contributed by atoms with Crippen LogP contribution in [0.4, 0.5) is 0 Å². The molecule has 1 aromatic heterocycles. The molecule has 3 amide bonds. The van der Waals surface area contributed by atoms with Crippen molar-refractivity contribution >= 4 is 17.7 Å². The van der Waals surface area contributed by atoms with Crippen molar-refractivity contribution in [2.45, 2.75) is 44.4 Å². The lowest BCUT2D eigenvalue weighted by Crippen LogP contribution is -2.58. The predicted molar refractivity (Wildman–Crippen MR) is 158 cm³/mol. The Morgan fingerprint density at radius 2 is 2.00 bits per heavy atom. The lowest BCUT2D eigenvalue weighted by Gasteiger charge is -2.38. The first-order valence-electron chi connectivity index (χ1n) is 14.7. The van der Waals surface area contributed by atoms with E-state index in [1.54, 1.807) is 24.0 Å². The quantitative estimate of drug-likeness (QED) is 0.404. The summed E-state index contributed by atoms with van der Waals surface area (Å²) in [5.74, 6) is 0.966. The molecule has 0 aliphatic carbocycles. The molecule has 4 bridgehead atoms. The Kier molecular flexibility index (Phi) is 10.4. The molecule has 2 N–H and O–H groups in total. The van der Waals surface area contributed by atoms with Crippen molar-refractivity contribution in [3.05, 3.63) is 65.5 Å². The number of rotatable bonds is 6. The topological polar surface area (TPSA) is 148 Å². The van der Waals surface area contributed by atoms with E-state index in [-0.39, 0.29) is 55.6 Å². The second-order valence-corrected chi connectivity index (χ2v) is 10.8. The number of hydrogen-bond donors (Lipinski definition) is 2. The molecule has 0 saturated carbocycles. The molecule has 3 aromatic rings. The van der Waals surface area contributed by atoms with Crippen LogP contribution in [0.5, 0.6) is 17.2 Å². The number of hydrogen-bond acceptors (Lipinski definition) is 9. The summed E-state index contributed by atoms with van der Waals surface area (Å²) >= 11 is 0. The zero-order valence-electron chi connectivity index (χ0n) is 25.0. The number of carbonyl (C=O) groups is 3. The Labute approximate surface area is 255 Å². The molecule has 44 heavy (non-hydrogen) atoms. The molecule has 0 spiro atoms. The van der Waals surface area contributed by atoms with Gasteiger partial charge in [-0.15, -0.1) is 0 Å². The average molecular weight is 607 g/mol. The molecule has 13 heteroatoms. The fraction of sp³-hybridized carbons (Fsp3) is 0.452. The Bertz CT molecular complexity index is 1430. The van der Waals surface area contributed by atoms with Gasteiger partial charge in [-0.1, -0.05) is 18.2 Å². The number of likely N-dealkylation sites (tertiary alicyclic amines) is 1. The molecular formula is C31H38N6O7. The molecule has 0 radical (unpaired) electrons. The summed E-state index contributed by atoms with van der Waals surface area (Å²) in [7, 11) is 3.18. The zero-order valence-corrected chi connectivity index (χ0v) is 25.0. The highest BCUT2D eigenvalue weighted by Crippen LogP contribution is 2.33. The zero-order chi connectivity index (χ0) is 30.9. The molecule has 234 valence electrons. The van der Waals surface area contributed by atoms with Gasteiger partial charge in [0.15, 0.2) is 17.2 Å². The minimum atomic E-state index is -0.510. The van der Waals surface area contributed by atoms with Gasteiger partial charge in [0, 0.05) is 39.8 Å². The molecule has 6 rings (SSSR count). The first kappa shape index (κ1) is 31.0. The van der Waals surface area contributed by atoms with E-state index in [1.165, 1.54) is 6.20 Å². The SMILES string of the molecule is COCCCN1CC(=O)N[C@H]2CN(C(=O)c3cn[nH]n3)CC[C@H]2OCc2cccc(c2)Oc2ccc(cc2OC)CCC1=O. The van der Waals surface area contributed by atoms with Gasteiger partial charge in [-0.2, -0.15) is 15.4 Å². The summed E-state index contributed by atoms with van der Waals surface area (Å²) < 4.78 is 23.3. The first-order chi connectivity index (χ1) is 21.4. The third-order valence-electron chi connectivity index (χ3n) is 7.73. The van der Waals surface area contributed by atoms with Crippen LogP contribution in [0.15, 0.2) is 48.7 Å². The van der Waals surface area contributed by atoms with Crippen molar-refractivity contribution in [2.75, 3.05) is 47.0 Å². The van der Waals surface area contributed by atoms with Crippen molar-refractivity contribution in [3.63, 3.8) is 0 Å². The third-order valence-corrected chi connectivity index (χ3v) is 7.73. The fourth-order valence-corrected chi connectivity index (χ4v) is 5.43. The number of aromatic amines is 1. The van der Waals surface area contributed by atoms with Crippen LogP contribution in [0.25, 0.3) is 0 Å². The van der Waals surface area contributed by atoms with Gasteiger partial charge in [0.2, 0.25) is 11.8 Å². The molecule has 0 unspecified atom stereocenters. The highest BCUT2D eigenvalue weighted by Gasteiger charge is 2.35.